The van der Waals surface area contributed by atoms with E-state index in [0.717, 1.165) is 0 Å². The van der Waals surface area contributed by atoms with Crippen molar-refractivity contribution in [1.29, 1.82) is 0 Å². The molecule has 3 atom stereocenters. The number of rotatable bonds is 24. The monoisotopic (exact) mass is 1040 g/mol. The van der Waals surface area contributed by atoms with E-state index < -0.39 is 85.2 Å². The summed E-state index contributed by atoms with van der Waals surface area (Å²) in [5.74, 6) is -8.78. The van der Waals surface area contributed by atoms with Gasteiger partial charge in [-0.3, -0.25) is 53.2 Å². The second kappa shape index (κ2) is 28.4. The van der Waals surface area contributed by atoms with Gasteiger partial charge in [-0.25, -0.2) is 9.79 Å². The maximum absolute atomic E-state index is 14.2. The predicted molar refractivity (Wildman–Crippen MR) is 246 cm³/mol. The quantitative estimate of drug-likeness (QED) is 0.0368. The highest BCUT2D eigenvalue weighted by Crippen LogP contribution is 2.21. The van der Waals surface area contributed by atoms with Gasteiger partial charge in [-0.15, -0.1) is 0 Å². The van der Waals surface area contributed by atoms with E-state index in [1.54, 1.807) is 41.3 Å². The lowest BCUT2D eigenvalue weighted by atomic mass is 10.0. The Morgan fingerprint density at radius 3 is 1.70 bits per heavy atom. The summed E-state index contributed by atoms with van der Waals surface area (Å²) in [4.78, 5) is 112. The van der Waals surface area contributed by atoms with Crippen LogP contribution in [0.2, 0.25) is 0 Å². The average molecular weight is 1040 g/mol. The number of hydrogen-bond donors (Lipinski definition) is 9. The molecular formula is C43H59IN8O14. The molecule has 0 spiro atoms. The minimum atomic E-state index is -1.36. The van der Waals surface area contributed by atoms with Crippen LogP contribution >= 0.6 is 22.6 Å². The maximum atomic E-state index is 14.2. The molecule has 0 aromatic heterocycles. The molecule has 0 radical (unpaired) electrons. The number of nitrogens with zero attached hydrogens (tertiary/aromatic N) is 5. The Balaban J connectivity index is 1.94. The molecular weight excluding hydrogens is 979 g/mol. The number of aromatic hydroxyl groups is 1. The summed E-state index contributed by atoms with van der Waals surface area (Å²) in [6.07, 6.45) is -0.182. The van der Waals surface area contributed by atoms with Gasteiger partial charge < -0.3 is 47.0 Å². The number of nitrogens with two attached hydrogens (primary N) is 1. The molecule has 2 aromatic rings. The third-order valence-electron chi connectivity index (χ3n) is 10.7. The van der Waals surface area contributed by atoms with Crippen LogP contribution in [0.25, 0.3) is 0 Å². The summed E-state index contributed by atoms with van der Waals surface area (Å²) < 4.78 is 0.420. The summed E-state index contributed by atoms with van der Waals surface area (Å²) in [5, 5.41) is 64.2. The molecule has 0 bridgehead atoms. The van der Waals surface area contributed by atoms with Crippen molar-refractivity contribution in [3.05, 3.63) is 63.2 Å². The Bertz CT molecular complexity index is 1990. The summed E-state index contributed by atoms with van der Waals surface area (Å²) in [7, 11) is 0. The minimum absolute atomic E-state index is 0.0242. The summed E-state index contributed by atoms with van der Waals surface area (Å²) in [6.45, 7) is -0.461. The number of benzene rings is 2. The number of hydrogen-bond acceptors (Lipinski definition) is 14. The molecule has 1 saturated heterocycles. The molecule has 1 heterocycles. The second-order valence-electron chi connectivity index (χ2n) is 15.8. The lowest BCUT2D eigenvalue weighted by Gasteiger charge is -2.35. The third-order valence-corrected chi connectivity index (χ3v) is 11.5. The normalized spacial score (nSPS) is 16.4. The molecule has 1 fully saturated rings. The van der Waals surface area contributed by atoms with Gasteiger partial charge in [0, 0.05) is 71.6 Å². The van der Waals surface area contributed by atoms with Gasteiger partial charge in [-0.2, -0.15) is 0 Å². The molecule has 0 aliphatic carbocycles. The van der Waals surface area contributed by atoms with Gasteiger partial charge in [0.25, 0.3) is 5.91 Å². The number of halogens is 1. The largest absolute Gasteiger partial charge is 0.507 e. The molecule has 2 aromatic carbocycles. The van der Waals surface area contributed by atoms with Crippen LogP contribution in [0.1, 0.15) is 43.2 Å². The van der Waals surface area contributed by atoms with Crippen LogP contribution in [0.5, 0.6) is 5.75 Å². The van der Waals surface area contributed by atoms with Gasteiger partial charge in [0.15, 0.2) is 0 Å². The van der Waals surface area contributed by atoms with Crippen molar-refractivity contribution < 1.29 is 69.0 Å². The van der Waals surface area contributed by atoms with Crippen LogP contribution in [0.4, 0.5) is 0 Å². The highest BCUT2D eigenvalue weighted by atomic mass is 127. The molecule has 1 aliphatic rings. The standard InChI is InChI=1S/C43H59IN8O14/c44-30-22-29(9-11-35(30)53)24-32(40(61)48-33(23-28-6-2-1-3-7-28)41(62)47-31(42(63)64)8-4-5-13-45)46-36(54)12-10-34(43(65)66)52-20-18-50(26-38(57)58)16-14-49(25-37(55)56)15-17-51(19-21-52)27-39(59)60/h1-3,6-7,9,11,22,31,33-34,53H,4-5,8,10,12-21,23-27,45H2,(H,47,62)(H,48,61)(H,55,56)(H,57,58)(H,59,60)(H,63,64)(H,65,66)/b46-32+/t31-,33-,34?/m1/s1. The minimum Gasteiger partial charge on any atom is -0.507 e. The first-order chi connectivity index (χ1) is 31.3. The van der Waals surface area contributed by atoms with E-state index in [1.807, 2.05) is 22.6 Å². The molecule has 3 rings (SSSR count). The summed E-state index contributed by atoms with van der Waals surface area (Å²) in [6, 6.07) is 9.04. The topological polar surface area (TPSA) is 333 Å². The van der Waals surface area contributed by atoms with Gasteiger partial charge >= 0.3 is 29.8 Å². The molecule has 362 valence electrons. The highest BCUT2D eigenvalue weighted by Gasteiger charge is 2.31. The van der Waals surface area contributed by atoms with Gasteiger partial charge in [-0.05, 0) is 78.1 Å². The average Bonchev–Trinajstić information content (AvgIpc) is 3.24. The Labute approximate surface area is 394 Å². The van der Waals surface area contributed by atoms with Gasteiger partial charge in [0.1, 0.15) is 29.6 Å². The molecule has 1 aliphatic heterocycles. The zero-order valence-corrected chi connectivity index (χ0v) is 38.6. The molecule has 22 nitrogen and oxygen atoms in total. The van der Waals surface area contributed by atoms with Crippen molar-refractivity contribution in [2.45, 2.75) is 63.1 Å². The SMILES string of the molecule is NCCCC[C@@H](NC(=O)[C@@H](Cc1ccccc1)NC(=O)/C(Cc1ccc(O)c(I)c1)=N/C(=O)CCC(C(=O)O)N1CCN(CC(=O)O)CCN(CC(=O)O)CCN(CC(=O)O)CC1)C(=O)O. The van der Waals surface area contributed by atoms with Crippen LogP contribution in [0.3, 0.4) is 0 Å². The number of phenolic OH excluding ortho intramolecular Hbond substituents is 1. The number of carbonyl (C=O) groups is 8. The first kappa shape index (κ1) is 54.7. The first-order valence-corrected chi connectivity index (χ1v) is 22.4. The number of carboxylic acid groups (broad SMARTS) is 5. The molecule has 10 N–H and O–H groups in total. The van der Waals surface area contributed by atoms with Crippen LogP contribution in [0.15, 0.2) is 53.5 Å². The van der Waals surface area contributed by atoms with E-state index in [-0.39, 0.29) is 96.0 Å². The van der Waals surface area contributed by atoms with Crippen LogP contribution in [0, 0.1) is 3.57 Å². The second-order valence-corrected chi connectivity index (χ2v) is 16.9. The van der Waals surface area contributed by atoms with E-state index >= 15 is 0 Å². The third kappa shape index (κ3) is 20.3. The van der Waals surface area contributed by atoms with Gasteiger partial charge in [0.2, 0.25) is 11.8 Å². The lowest BCUT2D eigenvalue weighted by Crippen LogP contribution is -2.53. The van der Waals surface area contributed by atoms with Crippen molar-refractivity contribution in [1.82, 2.24) is 30.2 Å². The van der Waals surface area contributed by atoms with Crippen LogP contribution < -0.4 is 16.4 Å². The summed E-state index contributed by atoms with van der Waals surface area (Å²) in [5.41, 5.74) is 6.26. The first-order valence-electron chi connectivity index (χ1n) is 21.3. The zero-order chi connectivity index (χ0) is 48.8. The van der Waals surface area contributed by atoms with Crippen molar-refractivity contribution >= 4 is 75.9 Å². The molecule has 3 amide bonds. The van der Waals surface area contributed by atoms with Crippen LogP contribution in [-0.2, 0) is 51.2 Å². The maximum Gasteiger partial charge on any atom is 0.326 e. The van der Waals surface area contributed by atoms with Gasteiger partial charge in [0.05, 0.1) is 23.2 Å². The Hall–Kier alpha value is -5.60. The predicted octanol–water partition coefficient (Wildman–Crippen LogP) is -0.358. The number of phenols is 1. The van der Waals surface area contributed by atoms with Crippen molar-refractivity contribution in [2.24, 2.45) is 10.7 Å². The smallest absolute Gasteiger partial charge is 0.326 e. The zero-order valence-electron chi connectivity index (χ0n) is 36.4. The van der Waals surface area contributed by atoms with Gasteiger partial charge in [-0.1, -0.05) is 36.4 Å². The fourth-order valence-electron chi connectivity index (χ4n) is 7.19. The van der Waals surface area contributed by atoms with E-state index in [4.69, 9.17) is 5.73 Å². The van der Waals surface area contributed by atoms with Crippen LogP contribution in [-0.4, -0.2) is 200 Å². The Morgan fingerprint density at radius 2 is 1.21 bits per heavy atom. The number of aliphatic imine (C=N–C) groups is 1. The fourth-order valence-corrected chi connectivity index (χ4v) is 7.77. The van der Waals surface area contributed by atoms with E-state index in [1.165, 1.54) is 26.8 Å². The number of aliphatic carboxylic acids is 5. The molecule has 23 heteroatoms. The van der Waals surface area contributed by atoms with Crippen molar-refractivity contribution in [3.63, 3.8) is 0 Å². The molecule has 0 saturated carbocycles. The van der Waals surface area contributed by atoms with Crippen molar-refractivity contribution in [3.8, 4) is 5.75 Å². The van der Waals surface area contributed by atoms with E-state index in [0.29, 0.717) is 34.1 Å². The number of nitrogens with one attached hydrogen (secondary N) is 2. The lowest BCUT2D eigenvalue weighted by molar-refractivity contribution is -0.145. The number of carboxylic acids is 5. The molecule has 1 unspecified atom stereocenters. The summed E-state index contributed by atoms with van der Waals surface area (Å²) >= 11 is 1.88. The number of amides is 3. The number of unbranched alkanes of at least 4 members (excludes halogenated alkanes) is 1. The Morgan fingerprint density at radius 1 is 0.667 bits per heavy atom. The Kier molecular flexibility index (Phi) is 23.6. The fraction of sp³-hybridized carbons (Fsp3) is 0.512. The van der Waals surface area contributed by atoms with Crippen molar-refractivity contribution in [2.75, 3.05) is 78.5 Å². The number of carbonyl (C=O) groups excluding carboxylic acids is 3. The van der Waals surface area contributed by atoms with E-state index in [2.05, 4.69) is 15.6 Å². The molecule has 66 heavy (non-hydrogen) atoms. The van der Waals surface area contributed by atoms with E-state index in [9.17, 15) is 69.0 Å². The highest BCUT2D eigenvalue weighted by molar-refractivity contribution is 14.1.